The Morgan fingerprint density at radius 1 is 1.36 bits per heavy atom. The van der Waals surface area contributed by atoms with Crippen LogP contribution in [0.5, 0.6) is 0 Å². The second kappa shape index (κ2) is 8.24. The van der Waals surface area contributed by atoms with E-state index >= 15 is 0 Å². The zero-order chi connectivity index (χ0) is 19.5. The summed E-state index contributed by atoms with van der Waals surface area (Å²) >= 11 is 1.67. The first kappa shape index (κ1) is 18.8. The zero-order valence-electron chi connectivity index (χ0n) is 15.7. The molecule has 0 radical (unpaired) electrons. The predicted octanol–water partition coefficient (Wildman–Crippen LogP) is 3.42. The van der Waals surface area contributed by atoms with Crippen molar-refractivity contribution in [2.45, 2.75) is 32.1 Å². The average molecular weight is 398 g/mol. The van der Waals surface area contributed by atoms with E-state index in [0.29, 0.717) is 31.1 Å². The van der Waals surface area contributed by atoms with Crippen molar-refractivity contribution in [3.63, 3.8) is 0 Å². The van der Waals surface area contributed by atoms with Gasteiger partial charge in [-0.2, -0.15) is 0 Å². The monoisotopic (exact) mass is 398 g/mol. The minimum Gasteiger partial charge on any atom is -0.427 e. The maximum atomic E-state index is 12.5. The highest BCUT2D eigenvalue weighted by molar-refractivity contribution is 7.18. The molecule has 0 aliphatic carbocycles. The van der Waals surface area contributed by atoms with Crippen molar-refractivity contribution in [1.82, 2.24) is 10.3 Å². The number of hydrogen-bond donors (Lipinski definition) is 1. The number of amides is 1. The summed E-state index contributed by atoms with van der Waals surface area (Å²) < 4.78 is 11.9. The van der Waals surface area contributed by atoms with Gasteiger partial charge in [0.05, 0.1) is 21.8 Å². The molecule has 1 amide bonds. The number of aromatic nitrogens is 1. The molecule has 1 atom stereocenters. The summed E-state index contributed by atoms with van der Waals surface area (Å²) in [5, 5.41) is 3.88. The van der Waals surface area contributed by atoms with Crippen LogP contribution in [0.3, 0.4) is 0 Å². The van der Waals surface area contributed by atoms with E-state index in [0.717, 1.165) is 29.8 Å². The lowest BCUT2D eigenvalue weighted by atomic mass is 10.0. The molecule has 2 aromatic heterocycles. The number of carbonyl (C=O) groups excluding carboxylic acids is 1. The number of fused-ring (bicyclic) bond motifs is 1. The van der Waals surface area contributed by atoms with Crippen LogP contribution in [0.4, 0.5) is 0 Å². The molecule has 146 valence electrons. The quantitative estimate of drug-likeness (QED) is 0.644. The van der Waals surface area contributed by atoms with E-state index in [1.165, 1.54) is 4.70 Å². The molecule has 1 N–H and O–H groups in total. The van der Waals surface area contributed by atoms with Crippen LogP contribution in [0.1, 0.15) is 45.4 Å². The van der Waals surface area contributed by atoms with Gasteiger partial charge in [-0.3, -0.25) is 4.79 Å². The van der Waals surface area contributed by atoms with Gasteiger partial charge in [0.25, 0.3) is 5.91 Å². The standard InChI is InChI=1S/C21H22N2O4S/c1-13-11-16(14-8-10-26-12-14)27-21(25)19(13)20(24)22-9-4-7-18-23-15-5-2-3-6-17(15)28-18/h2-3,5-6,11,14H,4,7-10,12H2,1H3,(H,22,24). The molecule has 4 rings (SSSR count). The minimum atomic E-state index is -0.578. The van der Waals surface area contributed by atoms with Gasteiger partial charge in [0.15, 0.2) is 0 Å². The maximum Gasteiger partial charge on any atom is 0.349 e. The molecule has 1 aliphatic heterocycles. The topological polar surface area (TPSA) is 81.4 Å². The molecule has 0 saturated carbocycles. The van der Waals surface area contributed by atoms with E-state index in [-0.39, 0.29) is 17.4 Å². The Morgan fingerprint density at radius 3 is 2.96 bits per heavy atom. The van der Waals surface area contributed by atoms with Gasteiger partial charge in [0.2, 0.25) is 0 Å². The fraction of sp³-hybridized carbons (Fsp3) is 0.381. The van der Waals surface area contributed by atoms with Crippen molar-refractivity contribution >= 4 is 27.5 Å². The third-order valence-electron chi connectivity index (χ3n) is 4.92. The summed E-state index contributed by atoms with van der Waals surface area (Å²) in [6.45, 7) is 3.47. The molecular formula is C21H22N2O4S. The highest BCUT2D eigenvalue weighted by atomic mass is 32.1. The minimum absolute atomic E-state index is 0.0858. The van der Waals surface area contributed by atoms with Crippen molar-refractivity contribution in [3.05, 3.63) is 62.6 Å². The van der Waals surface area contributed by atoms with Crippen LogP contribution in [0.2, 0.25) is 0 Å². The van der Waals surface area contributed by atoms with Crippen LogP contribution in [0, 0.1) is 6.92 Å². The number of rotatable bonds is 6. The third-order valence-corrected chi connectivity index (χ3v) is 6.01. The molecule has 3 aromatic rings. The zero-order valence-corrected chi connectivity index (χ0v) is 16.5. The van der Waals surface area contributed by atoms with Crippen molar-refractivity contribution in [2.24, 2.45) is 0 Å². The van der Waals surface area contributed by atoms with Gasteiger partial charge < -0.3 is 14.5 Å². The SMILES string of the molecule is Cc1cc(C2CCOC2)oc(=O)c1C(=O)NCCCc1nc2ccccc2s1. The normalized spacial score (nSPS) is 16.5. The molecule has 1 aliphatic rings. The molecule has 1 fully saturated rings. The van der Waals surface area contributed by atoms with Gasteiger partial charge in [-0.15, -0.1) is 11.3 Å². The molecule has 0 spiro atoms. The van der Waals surface area contributed by atoms with E-state index in [2.05, 4.69) is 16.4 Å². The van der Waals surface area contributed by atoms with Crippen LogP contribution in [-0.2, 0) is 11.2 Å². The number of nitrogens with zero attached hydrogens (tertiary/aromatic N) is 1. The summed E-state index contributed by atoms with van der Waals surface area (Å²) in [4.78, 5) is 29.4. The summed E-state index contributed by atoms with van der Waals surface area (Å²) in [7, 11) is 0. The smallest absolute Gasteiger partial charge is 0.349 e. The molecule has 3 heterocycles. The van der Waals surface area contributed by atoms with Crippen LogP contribution in [-0.4, -0.2) is 30.6 Å². The third kappa shape index (κ3) is 4.00. The van der Waals surface area contributed by atoms with Crippen molar-refractivity contribution < 1.29 is 13.9 Å². The van der Waals surface area contributed by atoms with E-state index in [1.807, 2.05) is 18.2 Å². The molecule has 1 saturated heterocycles. The van der Waals surface area contributed by atoms with E-state index in [9.17, 15) is 9.59 Å². The molecule has 1 aromatic carbocycles. The van der Waals surface area contributed by atoms with Crippen molar-refractivity contribution in [2.75, 3.05) is 19.8 Å². The van der Waals surface area contributed by atoms with Crippen molar-refractivity contribution in [3.8, 4) is 0 Å². The second-order valence-corrected chi connectivity index (χ2v) is 8.10. The Hall–Kier alpha value is -2.51. The molecule has 28 heavy (non-hydrogen) atoms. The molecule has 7 heteroatoms. The lowest BCUT2D eigenvalue weighted by molar-refractivity contribution is 0.0948. The van der Waals surface area contributed by atoms with Gasteiger partial charge in [-0.1, -0.05) is 12.1 Å². The van der Waals surface area contributed by atoms with Crippen LogP contribution in [0.25, 0.3) is 10.2 Å². The van der Waals surface area contributed by atoms with E-state index < -0.39 is 5.63 Å². The number of nitrogens with one attached hydrogen (secondary N) is 1. The van der Waals surface area contributed by atoms with Gasteiger partial charge in [-0.25, -0.2) is 9.78 Å². The number of ether oxygens (including phenoxy) is 1. The fourth-order valence-corrected chi connectivity index (χ4v) is 4.43. The largest absolute Gasteiger partial charge is 0.427 e. The molecular weight excluding hydrogens is 376 g/mol. The Kier molecular flexibility index (Phi) is 5.54. The first-order valence-corrected chi connectivity index (χ1v) is 10.3. The first-order valence-electron chi connectivity index (χ1n) is 9.47. The molecule has 1 unspecified atom stereocenters. The Morgan fingerprint density at radius 2 is 2.21 bits per heavy atom. The molecule has 0 bridgehead atoms. The van der Waals surface area contributed by atoms with Gasteiger partial charge in [0.1, 0.15) is 11.3 Å². The van der Waals surface area contributed by atoms with E-state index in [1.54, 1.807) is 24.3 Å². The maximum absolute atomic E-state index is 12.5. The Labute approximate surface area is 166 Å². The highest BCUT2D eigenvalue weighted by Crippen LogP contribution is 2.25. The lowest BCUT2D eigenvalue weighted by Gasteiger charge is -2.10. The van der Waals surface area contributed by atoms with Crippen LogP contribution < -0.4 is 10.9 Å². The van der Waals surface area contributed by atoms with Crippen molar-refractivity contribution in [1.29, 1.82) is 0 Å². The first-order chi connectivity index (χ1) is 13.6. The summed E-state index contributed by atoms with van der Waals surface area (Å²) in [5.74, 6) is 0.314. The summed E-state index contributed by atoms with van der Waals surface area (Å²) in [6, 6.07) is 9.83. The predicted molar refractivity (Wildman–Crippen MR) is 108 cm³/mol. The number of carbonyl (C=O) groups is 1. The summed E-state index contributed by atoms with van der Waals surface area (Å²) in [6.07, 6.45) is 2.38. The van der Waals surface area contributed by atoms with Gasteiger partial charge in [-0.05, 0) is 43.5 Å². The van der Waals surface area contributed by atoms with Crippen LogP contribution >= 0.6 is 11.3 Å². The van der Waals surface area contributed by atoms with E-state index in [4.69, 9.17) is 9.15 Å². The highest BCUT2D eigenvalue weighted by Gasteiger charge is 2.23. The van der Waals surface area contributed by atoms with Gasteiger partial charge >= 0.3 is 5.63 Å². The lowest BCUT2D eigenvalue weighted by Crippen LogP contribution is -2.30. The molecule has 6 nitrogen and oxygen atoms in total. The Balaban J connectivity index is 1.35. The number of thiazole rings is 1. The number of hydrogen-bond acceptors (Lipinski definition) is 6. The average Bonchev–Trinajstić information content (AvgIpc) is 3.34. The van der Waals surface area contributed by atoms with Crippen LogP contribution in [0.15, 0.2) is 39.5 Å². The fourth-order valence-electron chi connectivity index (χ4n) is 3.42. The number of aryl methyl sites for hydroxylation is 2. The number of benzene rings is 1. The summed E-state index contributed by atoms with van der Waals surface area (Å²) in [5.41, 5.74) is 1.16. The van der Waals surface area contributed by atoms with Gasteiger partial charge in [0, 0.05) is 25.5 Å². The second-order valence-electron chi connectivity index (χ2n) is 6.99. The Bertz CT molecular complexity index is 1020. The number of para-hydroxylation sites is 1.